The summed E-state index contributed by atoms with van der Waals surface area (Å²) in [7, 11) is 0. The van der Waals surface area contributed by atoms with Gasteiger partial charge in [-0.15, -0.1) is 0 Å². The number of hydrogen-bond donors (Lipinski definition) is 1. The molecule has 3 heterocycles. The maximum Gasteiger partial charge on any atom is 0.321 e. The lowest BCUT2D eigenvalue weighted by Crippen LogP contribution is -2.50. The van der Waals surface area contributed by atoms with Gasteiger partial charge in [-0.2, -0.15) is 5.10 Å². The molecule has 0 unspecified atom stereocenters. The lowest BCUT2D eigenvalue weighted by atomic mass is 10.1. The first-order valence-corrected chi connectivity index (χ1v) is 10.3. The maximum atomic E-state index is 12.6. The van der Waals surface area contributed by atoms with Crippen LogP contribution < -0.4 is 10.2 Å². The van der Waals surface area contributed by atoms with E-state index in [-0.39, 0.29) is 6.03 Å². The lowest BCUT2D eigenvalue weighted by molar-refractivity contribution is 0.208. The van der Waals surface area contributed by atoms with Crippen molar-refractivity contribution in [3.8, 4) is 5.82 Å². The third kappa shape index (κ3) is 4.27. The number of nitrogens with zero attached hydrogens (tertiary/aromatic N) is 6. The molecular weight excluding hydrogens is 378 g/mol. The largest absolute Gasteiger partial charge is 0.353 e. The van der Waals surface area contributed by atoms with Gasteiger partial charge in [-0.05, 0) is 44.0 Å². The Kier molecular flexibility index (Phi) is 5.65. The zero-order valence-electron chi connectivity index (χ0n) is 17.7. The fourth-order valence-corrected chi connectivity index (χ4v) is 3.65. The van der Waals surface area contributed by atoms with Crippen LogP contribution in [0.2, 0.25) is 0 Å². The van der Waals surface area contributed by atoms with Crippen molar-refractivity contribution < 1.29 is 4.79 Å². The monoisotopic (exact) mass is 405 g/mol. The Morgan fingerprint density at radius 3 is 2.33 bits per heavy atom. The number of aromatic nitrogens is 4. The molecule has 2 amide bonds. The third-order valence-electron chi connectivity index (χ3n) is 5.37. The van der Waals surface area contributed by atoms with Gasteiger partial charge in [0.05, 0.1) is 5.69 Å². The van der Waals surface area contributed by atoms with Gasteiger partial charge in [-0.25, -0.2) is 19.4 Å². The molecule has 0 spiro atoms. The summed E-state index contributed by atoms with van der Waals surface area (Å²) >= 11 is 0. The number of hydrogen-bond acceptors (Lipinski definition) is 5. The first-order chi connectivity index (χ1) is 14.5. The van der Waals surface area contributed by atoms with Gasteiger partial charge in [0, 0.05) is 43.6 Å². The summed E-state index contributed by atoms with van der Waals surface area (Å²) < 4.78 is 1.83. The van der Waals surface area contributed by atoms with Gasteiger partial charge in [0.2, 0.25) is 0 Å². The van der Waals surface area contributed by atoms with E-state index in [4.69, 9.17) is 0 Å². The number of carbonyl (C=O) groups is 1. The van der Waals surface area contributed by atoms with Crippen molar-refractivity contribution in [2.24, 2.45) is 0 Å². The van der Waals surface area contributed by atoms with Gasteiger partial charge in [-0.1, -0.05) is 19.1 Å². The van der Waals surface area contributed by atoms with E-state index in [0.717, 1.165) is 48.2 Å². The summed E-state index contributed by atoms with van der Waals surface area (Å²) in [5.74, 6) is 1.60. The highest BCUT2D eigenvalue weighted by Gasteiger charge is 2.22. The first kappa shape index (κ1) is 19.9. The topological polar surface area (TPSA) is 79.2 Å². The average Bonchev–Trinajstić information content (AvgIpc) is 3.12. The lowest BCUT2D eigenvalue weighted by Gasteiger charge is -2.35. The highest BCUT2D eigenvalue weighted by molar-refractivity contribution is 5.89. The molecule has 0 saturated carbocycles. The zero-order chi connectivity index (χ0) is 21.1. The number of benzene rings is 1. The Balaban J connectivity index is 1.38. The van der Waals surface area contributed by atoms with Crippen molar-refractivity contribution in [1.82, 2.24) is 24.6 Å². The minimum Gasteiger partial charge on any atom is -0.353 e. The van der Waals surface area contributed by atoms with Crippen LogP contribution in [0.1, 0.15) is 23.9 Å². The molecule has 1 aliphatic heterocycles. The van der Waals surface area contributed by atoms with E-state index in [1.165, 1.54) is 5.56 Å². The second-order valence-corrected chi connectivity index (χ2v) is 7.53. The number of carbonyl (C=O) groups excluding carboxylic acids is 1. The van der Waals surface area contributed by atoms with Crippen LogP contribution in [0.4, 0.5) is 16.3 Å². The summed E-state index contributed by atoms with van der Waals surface area (Å²) in [6.07, 6.45) is 2.56. The summed E-state index contributed by atoms with van der Waals surface area (Å²) in [5.41, 5.74) is 4.07. The number of amides is 2. The molecule has 156 valence electrons. The van der Waals surface area contributed by atoms with Crippen LogP contribution in [0, 0.1) is 13.8 Å². The van der Waals surface area contributed by atoms with Crippen LogP contribution in [0.25, 0.3) is 5.82 Å². The van der Waals surface area contributed by atoms with Gasteiger partial charge >= 0.3 is 6.03 Å². The van der Waals surface area contributed by atoms with Crippen LogP contribution in [0.3, 0.4) is 0 Å². The van der Waals surface area contributed by atoms with E-state index >= 15 is 0 Å². The standard InChI is InChI=1S/C22H27N7O/c1-4-18-5-7-19(8-6-18)25-22(30)28-11-9-27(10-12-28)20-14-21(24-15-23-20)29-17(3)13-16(2)26-29/h5-8,13-15H,4,9-12H2,1-3H3,(H,25,30). The molecule has 8 heteroatoms. The number of aryl methyl sites for hydroxylation is 3. The van der Waals surface area contributed by atoms with Gasteiger partial charge in [-0.3, -0.25) is 0 Å². The number of nitrogens with one attached hydrogen (secondary N) is 1. The first-order valence-electron chi connectivity index (χ1n) is 10.3. The van der Waals surface area contributed by atoms with Crippen molar-refractivity contribution in [2.45, 2.75) is 27.2 Å². The van der Waals surface area contributed by atoms with Gasteiger partial charge in [0.25, 0.3) is 0 Å². The second-order valence-electron chi connectivity index (χ2n) is 7.53. The van der Waals surface area contributed by atoms with Crippen LogP contribution in [0.5, 0.6) is 0 Å². The van der Waals surface area contributed by atoms with E-state index in [2.05, 4.69) is 32.2 Å². The molecule has 0 bridgehead atoms. The predicted octanol–water partition coefficient (Wildman–Crippen LogP) is 3.20. The van der Waals surface area contributed by atoms with Crippen LogP contribution in [0.15, 0.2) is 42.7 Å². The van der Waals surface area contributed by atoms with Crippen LogP contribution in [-0.2, 0) is 6.42 Å². The molecule has 2 aromatic heterocycles. The van der Waals surface area contributed by atoms with Gasteiger partial charge < -0.3 is 15.1 Å². The molecule has 1 aromatic carbocycles. The number of piperazine rings is 1. The molecule has 1 fully saturated rings. The Labute approximate surface area is 176 Å². The van der Waals surface area contributed by atoms with Crippen molar-refractivity contribution in [3.63, 3.8) is 0 Å². The van der Waals surface area contributed by atoms with Crippen LogP contribution >= 0.6 is 0 Å². The highest BCUT2D eigenvalue weighted by atomic mass is 16.2. The molecule has 3 aromatic rings. The minimum atomic E-state index is -0.0649. The number of anilines is 2. The van der Waals surface area contributed by atoms with E-state index in [9.17, 15) is 4.79 Å². The van der Waals surface area contributed by atoms with E-state index < -0.39 is 0 Å². The Morgan fingerprint density at radius 2 is 1.70 bits per heavy atom. The third-order valence-corrected chi connectivity index (χ3v) is 5.37. The molecule has 0 aliphatic carbocycles. The van der Waals surface area contributed by atoms with E-state index in [1.807, 2.05) is 59.8 Å². The van der Waals surface area contributed by atoms with Gasteiger partial charge in [0.1, 0.15) is 12.1 Å². The normalized spacial score (nSPS) is 14.1. The molecule has 30 heavy (non-hydrogen) atoms. The molecule has 0 atom stereocenters. The molecule has 0 radical (unpaired) electrons. The molecule has 1 aliphatic rings. The van der Waals surface area contributed by atoms with E-state index in [0.29, 0.717) is 13.1 Å². The maximum absolute atomic E-state index is 12.6. The fourth-order valence-electron chi connectivity index (χ4n) is 3.65. The molecule has 8 nitrogen and oxygen atoms in total. The van der Waals surface area contributed by atoms with Gasteiger partial charge in [0.15, 0.2) is 5.82 Å². The fraction of sp³-hybridized carbons (Fsp3) is 0.364. The molecule has 1 saturated heterocycles. The van der Waals surface area contributed by atoms with Crippen molar-refractivity contribution in [3.05, 3.63) is 59.7 Å². The number of urea groups is 1. The number of rotatable bonds is 4. The quantitative estimate of drug-likeness (QED) is 0.721. The summed E-state index contributed by atoms with van der Waals surface area (Å²) in [6.45, 7) is 8.80. The zero-order valence-corrected chi connectivity index (χ0v) is 17.7. The average molecular weight is 406 g/mol. The van der Waals surface area contributed by atoms with Crippen molar-refractivity contribution in [1.29, 1.82) is 0 Å². The SMILES string of the molecule is CCc1ccc(NC(=O)N2CCN(c3cc(-n4nc(C)cc4C)ncn3)CC2)cc1. The predicted molar refractivity (Wildman–Crippen MR) is 117 cm³/mol. The Bertz CT molecular complexity index is 1020. The summed E-state index contributed by atoms with van der Waals surface area (Å²) in [5, 5.41) is 7.49. The van der Waals surface area contributed by atoms with Crippen LogP contribution in [-0.4, -0.2) is 56.9 Å². The van der Waals surface area contributed by atoms with Crippen molar-refractivity contribution >= 4 is 17.5 Å². The Morgan fingerprint density at radius 1 is 1.00 bits per heavy atom. The highest BCUT2D eigenvalue weighted by Crippen LogP contribution is 2.18. The molecule has 4 rings (SSSR count). The molecular formula is C22H27N7O. The summed E-state index contributed by atoms with van der Waals surface area (Å²) in [6, 6.07) is 11.9. The second kappa shape index (κ2) is 8.52. The smallest absolute Gasteiger partial charge is 0.321 e. The minimum absolute atomic E-state index is 0.0649. The Hall–Kier alpha value is -3.42. The van der Waals surface area contributed by atoms with Crippen molar-refractivity contribution in [2.75, 3.05) is 36.4 Å². The van der Waals surface area contributed by atoms with E-state index in [1.54, 1.807) is 6.33 Å². The molecule has 1 N–H and O–H groups in total. The summed E-state index contributed by atoms with van der Waals surface area (Å²) in [4.78, 5) is 25.4.